The second-order valence-electron chi connectivity index (χ2n) is 6.94. The summed E-state index contributed by atoms with van der Waals surface area (Å²) < 4.78 is 23.9. The Morgan fingerprint density at radius 3 is 2.79 bits per heavy atom. The van der Waals surface area contributed by atoms with Crippen molar-refractivity contribution in [3.05, 3.63) is 41.2 Å². The van der Waals surface area contributed by atoms with Gasteiger partial charge in [0.05, 0.1) is 25.3 Å². The summed E-state index contributed by atoms with van der Waals surface area (Å²) >= 11 is 0.959. The van der Waals surface area contributed by atoms with Crippen molar-refractivity contribution >= 4 is 35.4 Å². The summed E-state index contributed by atoms with van der Waals surface area (Å²) in [4.78, 5) is 18.2. The maximum Gasteiger partial charge on any atom is 0.251 e. The highest BCUT2D eigenvalue weighted by Gasteiger charge is 2.26. The molecule has 3 heterocycles. The second kappa shape index (κ2) is 8.34. The number of aromatic nitrogens is 1. The van der Waals surface area contributed by atoms with Gasteiger partial charge in [-0.3, -0.25) is 13.8 Å². The van der Waals surface area contributed by atoms with Gasteiger partial charge in [-0.15, -0.1) is 0 Å². The van der Waals surface area contributed by atoms with Gasteiger partial charge in [0.2, 0.25) is 0 Å². The monoisotopic (exact) mass is 419 g/mol. The highest BCUT2D eigenvalue weighted by Crippen LogP contribution is 2.36. The van der Waals surface area contributed by atoms with Gasteiger partial charge in [-0.1, -0.05) is 0 Å². The van der Waals surface area contributed by atoms with Crippen LogP contribution in [0, 0.1) is 12.7 Å². The van der Waals surface area contributed by atoms with Crippen molar-refractivity contribution in [3.63, 3.8) is 0 Å². The molecule has 3 N–H and O–H groups in total. The summed E-state index contributed by atoms with van der Waals surface area (Å²) in [7, 11) is 0. The number of benzene rings is 1. The minimum atomic E-state index is -0.586. The molecule has 0 aliphatic carbocycles. The summed E-state index contributed by atoms with van der Waals surface area (Å²) in [5, 5.41) is 13.5. The number of morpholine rings is 1. The van der Waals surface area contributed by atoms with Crippen LogP contribution in [0.25, 0.3) is 0 Å². The van der Waals surface area contributed by atoms with E-state index >= 15 is 0 Å². The third-order valence-electron chi connectivity index (χ3n) is 4.67. The average molecular weight is 419 g/mol. The number of nitrogens with zero attached hydrogens (tertiary/aromatic N) is 3. The van der Waals surface area contributed by atoms with Gasteiger partial charge in [-0.05, 0) is 42.3 Å². The Labute approximate surface area is 172 Å². The minimum absolute atomic E-state index is 0.000356. The van der Waals surface area contributed by atoms with Crippen molar-refractivity contribution in [2.45, 2.75) is 13.5 Å². The lowest BCUT2D eigenvalue weighted by molar-refractivity contribution is -0.117. The molecule has 0 bridgehead atoms. The number of hydrogen-bond acceptors (Lipinski definition) is 8. The van der Waals surface area contributed by atoms with Crippen LogP contribution in [0.1, 0.15) is 11.1 Å². The van der Waals surface area contributed by atoms with Crippen molar-refractivity contribution in [1.82, 2.24) is 9.71 Å². The van der Waals surface area contributed by atoms with Gasteiger partial charge >= 0.3 is 0 Å². The van der Waals surface area contributed by atoms with E-state index in [1.807, 2.05) is 19.1 Å². The molecule has 0 unspecified atom stereocenters. The van der Waals surface area contributed by atoms with Gasteiger partial charge in [0, 0.05) is 19.6 Å². The van der Waals surface area contributed by atoms with E-state index < -0.39 is 5.82 Å². The molecule has 8 nitrogen and oxygen atoms in total. The van der Waals surface area contributed by atoms with Gasteiger partial charge in [0.15, 0.2) is 5.82 Å². The number of carbonyl (C=O) groups excluding carboxylic acids is 1. The van der Waals surface area contributed by atoms with E-state index in [1.165, 1.54) is 16.4 Å². The molecular weight excluding hydrogens is 397 g/mol. The number of phenols is 1. The summed E-state index contributed by atoms with van der Waals surface area (Å²) in [6.07, 6.45) is 0. The second-order valence-corrected chi connectivity index (χ2v) is 7.77. The van der Waals surface area contributed by atoms with Crippen LogP contribution in [0.5, 0.6) is 5.75 Å². The normalized spacial score (nSPS) is 16.8. The van der Waals surface area contributed by atoms with E-state index in [4.69, 9.17) is 4.74 Å². The van der Waals surface area contributed by atoms with Gasteiger partial charge in [0.1, 0.15) is 29.6 Å². The van der Waals surface area contributed by atoms with Crippen LogP contribution < -0.4 is 19.2 Å². The van der Waals surface area contributed by atoms with Crippen LogP contribution in [0.3, 0.4) is 0 Å². The Morgan fingerprint density at radius 1 is 1.31 bits per heavy atom. The quantitative estimate of drug-likeness (QED) is 0.636. The number of nitrogens with one attached hydrogen (secondary N) is 2. The van der Waals surface area contributed by atoms with E-state index in [2.05, 4.69) is 19.9 Å². The number of aromatic hydroxyl groups is 1. The maximum atomic E-state index is 14.6. The first-order valence-corrected chi connectivity index (χ1v) is 10.1. The van der Waals surface area contributed by atoms with E-state index in [9.17, 15) is 14.3 Å². The van der Waals surface area contributed by atoms with Crippen molar-refractivity contribution in [3.8, 4) is 5.75 Å². The van der Waals surface area contributed by atoms with Crippen LogP contribution >= 0.6 is 12.1 Å². The minimum Gasteiger partial charge on any atom is -0.506 e. The molecule has 0 saturated carbocycles. The number of aryl methyl sites for hydroxylation is 1. The topological polar surface area (TPSA) is 90.0 Å². The van der Waals surface area contributed by atoms with Crippen LogP contribution in [0.2, 0.25) is 0 Å². The summed E-state index contributed by atoms with van der Waals surface area (Å²) in [5.41, 5.74) is 1.64. The zero-order valence-electron chi connectivity index (χ0n) is 15.9. The molecule has 0 spiro atoms. The van der Waals surface area contributed by atoms with E-state index in [1.54, 1.807) is 0 Å². The van der Waals surface area contributed by atoms with Crippen molar-refractivity contribution < 1.29 is 19.0 Å². The molecule has 10 heteroatoms. The van der Waals surface area contributed by atoms with Gasteiger partial charge in [0.25, 0.3) is 5.91 Å². The smallest absolute Gasteiger partial charge is 0.251 e. The highest BCUT2D eigenvalue weighted by atomic mass is 32.2. The number of hydrogen-bond donors (Lipinski definition) is 3. The molecule has 0 radical (unpaired) electrons. The molecule has 1 aromatic heterocycles. The number of rotatable bonds is 5. The SMILES string of the molecule is Cc1cc(NCc2cc(O)c(N3CC(=O)NS3)c(F)c2)nc(N2CCOCC2)c1. The number of amides is 1. The zero-order chi connectivity index (χ0) is 20.4. The van der Waals surface area contributed by atoms with E-state index in [0.29, 0.717) is 31.1 Å². The molecule has 4 rings (SSSR count). The lowest BCUT2D eigenvalue weighted by Crippen LogP contribution is -2.36. The number of anilines is 3. The number of pyridine rings is 1. The summed E-state index contributed by atoms with van der Waals surface area (Å²) in [6.45, 7) is 5.24. The van der Waals surface area contributed by atoms with Crippen LogP contribution in [0.15, 0.2) is 24.3 Å². The van der Waals surface area contributed by atoms with Gasteiger partial charge in [-0.25, -0.2) is 9.37 Å². The van der Waals surface area contributed by atoms with Crippen molar-refractivity contribution in [1.29, 1.82) is 0 Å². The number of phenolic OH excluding ortho intramolecular Hbond substituents is 1. The van der Waals surface area contributed by atoms with Gasteiger partial charge in [-0.2, -0.15) is 0 Å². The molecule has 1 amide bonds. The number of carbonyl (C=O) groups is 1. The first kappa shape index (κ1) is 19.6. The van der Waals surface area contributed by atoms with E-state index in [0.717, 1.165) is 36.6 Å². The Kier molecular flexibility index (Phi) is 5.63. The molecule has 2 aliphatic rings. The largest absolute Gasteiger partial charge is 0.506 e. The van der Waals surface area contributed by atoms with Crippen LogP contribution in [-0.2, 0) is 16.1 Å². The fraction of sp³-hybridized carbons (Fsp3) is 0.368. The van der Waals surface area contributed by atoms with Crippen LogP contribution in [0.4, 0.5) is 21.7 Å². The Bertz CT molecular complexity index is 900. The molecule has 2 fully saturated rings. The number of halogens is 1. The molecule has 1 aromatic carbocycles. The van der Waals surface area contributed by atoms with E-state index in [-0.39, 0.29) is 23.9 Å². The third kappa shape index (κ3) is 4.48. The molecule has 29 heavy (non-hydrogen) atoms. The van der Waals surface area contributed by atoms with Crippen LogP contribution in [-0.4, -0.2) is 48.8 Å². The lowest BCUT2D eigenvalue weighted by atomic mass is 10.1. The lowest BCUT2D eigenvalue weighted by Gasteiger charge is -2.28. The number of ether oxygens (including phenoxy) is 1. The predicted molar refractivity (Wildman–Crippen MR) is 110 cm³/mol. The summed E-state index contributed by atoms with van der Waals surface area (Å²) in [6, 6.07) is 6.80. The van der Waals surface area contributed by atoms with Crippen molar-refractivity contribution in [2.75, 3.05) is 47.4 Å². The third-order valence-corrected chi connectivity index (χ3v) is 5.53. The zero-order valence-corrected chi connectivity index (χ0v) is 16.8. The molecule has 0 atom stereocenters. The summed E-state index contributed by atoms with van der Waals surface area (Å²) in [5.74, 6) is 0.527. The van der Waals surface area contributed by atoms with Gasteiger partial charge < -0.3 is 20.1 Å². The first-order valence-electron chi connectivity index (χ1n) is 9.29. The maximum absolute atomic E-state index is 14.6. The fourth-order valence-electron chi connectivity index (χ4n) is 3.30. The molecular formula is C19H22FN5O3S. The Morgan fingerprint density at radius 2 is 2.10 bits per heavy atom. The first-order chi connectivity index (χ1) is 14.0. The molecule has 154 valence electrons. The molecule has 2 saturated heterocycles. The predicted octanol–water partition coefficient (Wildman–Crippen LogP) is 2.18. The Balaban J connectivity index is 1.47. The highest BCUT2D eigenvalue weighted by molar-refractivity contribution is 7.99. The molecule has 2 aliphatic heterocycles. The Hall–Kier alpha value is -2.72. The average Bonchev–Trinajstić information content (AvgIpc) is 3.12. The fourth-order valence-corrected chi connectivity index (χ4v) is 4.03. The standard InChI is InChI=1S/C19H22FN5O3S/c1-12-6-16(22-17(7-12)24-2-4-28-5-3-24)21-10-13-8-14(20)19(15(26)9-13)25-11-18(27)23-29-25/h6-9,26H,2-5,10-11H2,1H3,(H,21,22)(H,23,27). The van der Waals surface area contributed by atoms with Crippen molar-refractivity contribution in [2.24, 2.45) is 0 Å². The molecule has 2 aromatic rings.